The number of allylic oxidation sites excluding steroid dienone is 3. The van der Waals surface area contributed by atoms with Gasteiger partial charge >= 0.3 is 0 Å². The van der Waals surface area contributed by atoms with E-state index >= 15 is 0 Å². The van der Waals surface area contributed by atoms with Crippen LogP contribution in [0.25, 0.3) is 45.0 Å². The van der Waals surface area contributed by atoms with Crippen molar-refractivity contribution >= 4 is 11.6 Å². The molecule has 0 unspecified atom stereocenters. The summed E-state index contributed by atoms with van der Waals surface area (Å²) in [5.74, 6) is 6.84. The molecule has 0 aromatic heterocycles. The van der Waals surface area contributed by atoms with Crippen molar-refractivity contribution in [3.8, 4) is 45.2 Å². The number of rotatable bonds is 6. The van der Waals surface area contributed by atoms with Gasteiger partial charge in [-0.3, -0.25) is 0 Å². The molecule has 0 nitrogen and oxygen atoms in total. The highest BCUT2D eigenvalue weighted by molar-refractivity contribution is 5.82. The lowest BCUT2D eigenvalue weighted by Gasteiger charge is -2.05. The predicted molar refractivity (Wildman–Crippen MR) is 180 cm³/mol. The van der Waals surface area contributed by atoms with E-state index < -0.39 is 0 Å². The molecule has 0 spiro atoms. The zero-order valence-electron chi connectivity index (χ0n) is 23.3. The van der Waals surface area contributed by atoms with Crippen LogP contribution in [0.3, 0.4) is 0 Å². The smallest absolute Gasteiger partial charge is 0.0321 e. The van der Waals surface area contributed by atoms with Gasteiger partial charge < -0.3 is 0 Å². The van der Waals surface area contributed by atoms with E-state index in [1.165, 1.54) is 33.4 Å². The first kappa shape index (κ1) is 26.6. The van der Waals surface area contributed by atoms with Gasteiger partial charge in [-0.05, 0) is 62.7 Å². The Kier molecular flexibility index (Phi) is 8.32. The molecule has 198 valence electrons. The van der Waals surface area contributed by atoms with E-state index in [4.69, 9.17) is 0 Å². The molecule has 0 atom stereocenters. The van der Waals surface area contributed by atoms with Crippen LogP contribution < -0.4 is 0 Å². The van der Waals surface area contributed by atoms with Gasteiger partial charge in [0.1, 0.15) is 0 Å². The van der Waals surface area contributed by atoms with Crippen LogP contribution in [0.1, 0.15) is 16.7 Å². The van der Waals surface area contributed by atoms with E-state index in [0.29, 0.717) is 0 Å². The topological polar surface area (TPSA) is 0 Å². The van der Waals surface area contributed by atoms with Gasteiger partial charge in [-0.1, -0.05) is 176 Å². The fraction of sp³-hybridized carbons (Fsp3) is 0. The van der Waals surface area contributed by atoms with Gasteiger partial charge in [-0.15, -0.1) is 0 Å². The molecule has 0 aliphatic heterocycles. The Bertz CT molecular complexity index is 1850. The Morgan fingerprint density at radius 3 is 1.29 bits per heavy atom. The number of hydrogen-bond donors (Lipinski definition) is 0. The SMILES string of the molecule is C(#Cc1ccc(-c2ccccc2)cc1)/C(=C\C=C\c1ccc(-c2ccccc2)cc1)c1ccc(-c2ccccc2)cc1. The van der Waals surface area contributed by atoms with Crippen molar-refractivity contribution < 1.29 is 0 Å². The maximum absolute atomic E-state index is 3.45. The molecule has 0 fully saturated rings. The van der Waals surface area contributed by atoms with Crippen LogP contribution in [0.15, 0.2) is 176 Å². The standard InChI is InChI=1S/C42H30/c1-4-12-35(13-5-1)39-25-19-33(20-26-39)11-10-18-38(42-31-29-41(30-32-42)37-16-8-3-9-17-37)24-21-34-22-27-40(28-23-34)36-14-6-2-7-15-36/h1-20,22-23,25-32H/b11-10+,38-18+. The lowest BCUT2D eigenvalue weighted by molar-refractivity contribution is 1.58. The normalized spacial score (nSPS) is 11.2. The molecule has 0 N–H and O–H groups in total. The quantitative estimate of drug-likeness (QED) is 0.147. The maximum atomic E-state index is 3.45. The van der Waals surface area contributed by atoms with Crippen molar-refractivity contribution in [1.82, 2.24) is 0 Å². The third kappa shape index (κ3) is 6.73. The maximum Gasteiger partial charge on any atom is 0.0321 e. The van der Waals surface area contributed by atoms with Crippen molar-refractivity contribution in [2.45, 2.75) is 0 Å². The van der Waals surface area contributed by atoms with Crippen molar-refractivity contribution in [1.29, 1.82) is 0 Å². The second-order valence-corrected chi connectivity index (χ2v) is 10.1. The summed E-state index contributed by atoms with van der Waals surface area (Å²) in [4.78, 5) is 0. The molecule has 0 saturated carbocycles. The Balaban J connectivity index is 1.27. The summed E-state index contributed by atoms with van der Waals surface area (Å²) in [5, 5.41) is 0. The summed E-state index contributed by atoms with van der Waals surface area (Å²) in [6.45, 7) is 0. The lowest BCUT2D eigenvalue weighted by atomic mass is 9.99. The molecule has 0 heterocycles. The minimum Gasteiger partial charge on any atom is -0.0622 e. The van der Waals surface area contributed by atoms with E-state index in [1.807, 2.05) is 18.2 Å². The minimum absolute atomic E-state index is 0.971. The van der Waals surface area contributed by atoms with Crippen LogP contribution in [0.2, 0.25) is 0 Å². The highest BCUT2D eigenvalue weighted by atomic mass is 14.1. The van der Waals surface area contributed by atoms with Gasteiger partial charge in [0.15, 0.2) is 0 Å². The summed E-state index contributed by atoms with van der Waals surface area (Å²) >= 11 is 0. The average Bonchev–Trinajstić information content (AvgIpc) is 3.08. The van der Waals surface area contributed by atoms with Crippen LogP contribution in [0.5, 0.6) is 0 Å². The molecule has 0 heteroatoms. The Morgan fingerprint density at radius 1 is 0.405 bits per heavy atom. The van der Waals surface area contributed by atoms with Gasteiger partial charge in [0, 0.05) is 11.1 Å². The van der Waals surface area contributed by atoms with E-state index in [0.717, 1.165) is 22.3 Å². The van der Waals surface area contributed by atoms with Crippen LogP contribution in [-0.2, 0) is 0 Å². The van der Waals surface area contributed by atoms with E-state index in [-0.39, 0.29) is 0 Å². The molecule has 0 aliphatic rings. The molecule has 6 aromatic rings. The summed E-state index contributed by atoms with van der Waals surface area (Å²) < 4.78 is 0. The van der Waals surface area contributed by atoms with Crippen LogP contribution in [0, 0.1) is 11.8 Å². The lowest BCUT2D eigenvalue weighted by Crippen LogP contribution is -1.84. The first-order valence-electron chi connectivity index (χ1n) is 14.2. The molecule has 0 bridgehead atoms. The van der Waals surface area contributed by atoms with Gasteiger partial charge in [0.05, 0.1) is 0 Å². The Labute approximate surface area is 249 Å². The molecule has 0 aliphatic carbocycles. The summed E-state index contributed by atoms with van der Waals surface area (Å²) in [5.41, 5.74) is 11.4. The van der Waals surface area contributed by atoms with E-state index in [9.17, 15) is 0 Å². The monoisotopic (exact) mass is 534 g/mol. The largest absolute Gasteiger partial charge is 0.0622 e. The first-order chi connectivity index (χ1) is 20.8. The number of hydrogen-bond acceptors (Lipinski definition) is 0. The Morgan fingerprint density at radius 2 is 0.810 bits per heavy atom. The highest BCUT2D eigenvalue weighted by Gasteiger charge is 2.02. The molecule has 42 heavy (non-hydrogen) atoms. The van der Waals surface area contributed by atoms with Crippen LogP contribution in [0.4, 0.5) is 0 Å². The molecule has 0 radical (unpaired) electrons. The minimum atomic E-state index is 0.971. The molecular formula is C42H30. The fourth-order valence-corrected chi connectivity index (χ4v) is 4.87. The fourth-order valence-electron chi connectivity index (χ4n) is 4.87. The zero-order chi connectivity index (χ0) is 28.4. The van der Waals surface area contributed by atoms with Gasteiger partial charge in [0.25, 0.3) is 0 Å². The third-order valence-electron chi connectivity index (χ3n) is 7.21. The predicted octanol–water partition coefficient (Wildman–Crippen LogP) is 10.8. The Hall–Kier alpha value is -5.64. The van der Waals surface area contributed by atoms with Crippen LogP contribution in [-0.4, -0.2) is 0 Å². The molecule has 0 amide bonds. The van der Waals surface area contributed by atoms with Crippen molar-refractivity contribution in [2.24, 2.45) is 0 Å². The average molecular weight is 535 g/mol. The molecule has 6 aromatic carbocycles. The number of benzene rings is 6. The van der Waals surface area contributed by atoms with Gasteiger partial charge in [0.2, 0.25) is 0 Å². The third-order valence-corrected chi connectivity index (χ3v) is 7.21. The molecule has 0 saturated heterocycles. The second kappa shape index (κ2) is 13.1. The van der Waals surface area contributed by atoms with Crippen LogP contribution >= 0.6 is 0 Å². The van der Waals surface area contributed by atoms with E-state index in [1.54, 1.807) is 0 Å². The zero-order valence-corrected chi connectivity index (χ0v) is 23.3. The van der Waals surface area contributed by atoms with Crippen molar-refractivity contribution in [2.75, 3.05) is 0 Å². The summed E-state index contributed by atoms with van der Waals surface area (Å²) in [6.07, 6.45) is 6.32. The first-order valence-corrected chi connectivity index (χ1v) is 14.2. The second-order valence-electron chi connectivity index (χ2n) is 10.1. The van der Waals surface area contributed by atoms with Gasteiger partial charge in [-0.2, -0.15) is 0 Å². The van der Waals surface area contributed by atoms with Crippen molar-refractivity contribution in [3.63, 3.8) is 0 Å². The van der Waals surface area contributed by atoms with Crippen molar-refractivity contribution in [3.05, 3.63) is 193 Å². The van der Waals surface area contributed by atoms with Gasteiger partial charge in [-0.25, -0.2) is 0 Å². The summed E-state index contributed by atoms with van der Waals surface area (Å²) in [7, 11) is 0. The summed E-state index contributed by atoms with van der Waals surface area (Å²) in [6, 6.07) is 57.1. The molecular weight excluding hydrogens is 504 g/mol. The highest BCUT2D eigenvalue weighted by Crippen LogP contribution is 2.24. The van der Waals surface area contributed by atoms with E-state index in [2.05, 4.69) is 176 Å². The molecule has 6 rings (SSSR count).